The minimum absolute atomic E-state index is 0.126. The molecule has 0 saturated heterocycles. The molecule has 4 heteroatoms. The van der Waals surface area contributed by atoms with Crippen LogP contribution in [0.15, 0.2) is 36.4 Å². The molecule has 3 rings (SSSR count). The first-order valence-electron chi connectivity index (χ1n) is 6.16. The maximum absolute atomic E-state index is 9.62. The topological polar surface area (TPSA) is 65.6 Å². The predicted octanol–water partition coefficient (Wildman–Crippen LogP) is 1.73. The lowest BCUT2D eigenvalue weighted by Gasteiger charge is -2.10. The Morgan fingerprint density at radius 2 is 1.63 bits per heavy atom. The van der Waals surface area contributed by atoms with Gasteiger partial charge in [0, 0.05) is 16.3 Å². The summed E-state index contributed by atoms with van der Waals surface area (Å²) in [5.74, 6) is 0. The van der Waals surface area contributed by atoms with Crippen molar-refractivity contribution >= 4 is 21.8 Å². The van der Waals surface area contributed by atoms with Gasteiger partial charge in [0.25, 0.3) is 0 Å². The van der Waals surface area contributed by atoms with Crippen molar-refractivity contribution in [2.75, 3.05) is 0 Å². The molecule has 19 heavy (non-hydrogen) atoms. The van der Waals surface area contributed by atoms with Crippen molar-refractivity contribution in [3.8, 4) is 0 Å². The quantitative estimate of drug-likeness (QED) is 0.669. The van der Waals surface area contributed by atoms with Crippen molar-refractivity contribution in [3.05, 3.63) is 47.5 Å². The second kappa shape index (κ2) is 4.66. The Balaban J connectivity index is 2.55. The molecule has 3 aromatic rings. The molecule has 4 nitrogen and oxygen atoms in total. The van der Waals surface area contributed by atoms with Gasteiger partial charge in [-0.05, 0) is 11.6 Å². The highest BCUT2D eigenvalue weighted by Gasteiger charge is 2.15. The van der Waals surface area contributed by atoms with E-state index in [1.807, 2.05) is 36.4 Å². The predicted molar refractivity (Wildman–Crippen MR) is 73.5 cm³/mol. The van der Waals surface area contributed by atoms with Gasteiger partial charge in [-0.15, -0.1) is 0 Å². The van der Waals surface area contributed by atoms with Gasteiger partial charge in [-0.2, -0.15) is 0 Å². The first-order valence-corrected chi connectivity index (χ1v) is 6.16. The van der Waals surface area contributed by atoms with Gasteiger partial charge < -0.3 is 19.9 Å². The Morgan fingerprint density at radius 3 is 2.32 bits per heavy atom. The van der Waals surface area contributed by atoms with Gasteiger partial charge >= 0.3 is 0 Å². The van der Waals surface area contributed by atoms with Crippen molar-refractivity contribution in [1.29, 1.82) is 0 Å². The van der Waals surface area contributed by atoms with E-state index in [9.17, 15) is 15.3 Å². The number of fused-ring (bicyclic) bond motifs is 3. The molecule has 0 aliphatic rings. The summed E-state index contributed by atoms with van der Waals surface area (Å²) in [5, 5.41) is 30.6. The molecule has 0 radical (unpaired) electrons. The average molecular weight is 257 g/mol. The fourth-order valence-electron chi connectivity index (χ4n) is 2.73. The van der Waals surface area contributed by atoms with E-state index >= 15 is 0 Å². The molecule has 0 spiro atoms. The third-order valence-corrected chi connectivity index (χ3v) is 3.60. The third kappa shape index (κ3) is 1.65. The second-order valence-electron chi connectivity index (χ2n) is 4.50. The average Bonchev–Trinajstić information content (AvgIpc) is 2.80. The summed E-state index contributed by atoms with van der Waals surface area (Å²) >= 11 is 0. The Labute approximate surface area is 110 Å². The SMILES string of the molecule is OCc1ccc2c3ccccc3n(CO)c2c1CO. The lowest BCUT2D eigenvalue weighted by molar-refractivity contribution is 0.218. The number of para-hydroxylation sites is 1. The smallest absolute Gasteiger partial charge is 0.120 e. The van der Waals surface area contributed by atoms with Crippen LogP contribution in [0.25, 0.3) is 21.8 Å². The third-order valence-electron chi connectivity index (χ3n) is 3.60. The van der Waals surface area contributed by atoms with E-state index in [-0.39, 0.29) is 19.9 Å². The van der Waals surface area contributed by atoms with Crippen LogP contribution in [0, 0.1) is 0 Å². The summed E-state index contributed by atoms with van der Waals surface area (Å²) in [6.45, 7) is -0.450. The van der Waals surface area contributed by atoms with Crippen LogP contribution in [0.2, 0.25) is 0 Å². The van der Waals surface area contributed by atoms with Gasteiger partial charge in [-0.1, -0.05) is 30.3 Å². The Morgan fingerprint density at radius 1 is 0.842 bits per heavy atom. The number of nitrogens with zero attached hydrogens (tertiary/aromatic N) is 1. The Kier molecular flexibility index (Phi) is 2.98. The molecule has 0 atom stereocenters. The van der Waals surface area contributed by atoms with Crippen molar-refractivity contribution < 1.29 is 15.3 Å². The number of hydrogen-bond acceptors (Lipinski definition) is 3. The van der Waals surface area contributed by atoms with E-state index in [0.29, 0.717) is 11.1 Å². The van der Waals surface area contributed by atoms with E-state index in [1.165, 1.54) is 0 Å². The van der Waals surface area contributed by atoms with Crippen LogP contribution < -0.4 is 0 Å². The summed E-state index contributed by atoms with van der Waals surface area (Å²) in [4.78, 5) is 0. The van der Waals surface area contributed by atoms with Crippen molar-refractivity contribution in [1.82, 2.24) is 4.57 Å². The van der Waals surface area contributed by atoms with Gasteiger partial charge in [0.2, 0.25) is 0 Å². The lowest BCUT2D eigenvalue weighted by atomic mass is 10.0. The molecule has 0 unspecified atom stereocenters. The van der Waals surface area contributed by atoms with Gasteiger partial charge in [-0.25, -0.2) is 0 Å². The van der Waals surface area contributed by atoms with Crippen molar-refractivity contribution in [3.63, 3.8) is 0 Å². The highest BCUT2D eigenvalue weighted by atomic mass is 16.3. The van der Waals surface area contributed by atoms with Crippen LogP contribution in [0.1, 0.15) is 11.1 Å². The summed E-state index contributed by atoms with van der Waals surface area (Å²) < 4.78 is 1.76. The zero-order chi connectivity index (χ0) is 13.4. The fourth-order valence-corrected chi connectivity index (χ4v) is 2.73. The van der Waals surface area contributed by atoms with Crippen molar-refractivity contribution in [2.24, 2.45) is 0 Å². The van der Waals surface area contributed by atoms with Crippen LogP contribution >= 0.6 is 0 Å². The summed E-state index contributed by atoms with van der Waals surface area (Å²) in [7, 11) is 0. The van der Waals surface area contributed by atoms with Gasteiger partial charge in [0.15, 0.2) is 0 Å². The molecule has 98 valence electrons. The van der Waals surface area contributed by atoms with E-state index in [2.05, 4.69) is 0 Å². The molecule has 0 saturated carbocycles. The largest absolute Gasteiger partial charge is 0.392 e. The molecule has 0 bridgehead atoms. The minimum Gasteiger partial charge on any atom is -0.392 e. The monoisotopic (exact) mass is 257 g/mol. The summed E-state index contributed by atoms with van der Waals surface area (Å²) in [6.07, 6.45) is 0. The number of aliphatic hydroxyl groups excluding tert-OH is 3. The maximum Gasteiger partial charge on any atom is 0.120 e. The molecular formula is C15H15NO3. The molecule has 1 heterocycles. The molecule has 2 aromatic carbocycles. The second-order valence-corrected chi connectivity index (χ2v) is 4.50. The van der Waals surface area contributed by atoms with Gasteiger partial charge in [0.1, 0.15) is 6.73 Å². The van der Waals surface area contributed by atoms with Crippen LogP contribution in [0.3, 0.4) is 0 Å². The maximum atomic E-state index is 9.62. The zero-order valence-electron chi connectivity index (χ0n) is 10.4. The molecule has 0 aliphatic carbocycles. The van der Waals surface area contributed by atoms with E-state index in [4.69, 9.17) is 0 Å². The number of benzene rings is 2. The lowest BCUT2D eigenvalue weighted by Crippen LogP contribution is -2.02. The Bertz CT molecular complexity index is 746. The van der Waals surface area contributed by atoms with E-state index in [0.717, 1.165) is 21.8 Å². The number of aromatic nitrogens is 1. The molecule has 3 N–H and O–H groups in total. The number of aliphatic hydroxyl groups is 3. The molecule has 0 aliphatic heterocycles. The first kappa shape index (κ1) is 12.2. The highest BCUT2D eigenvalue weighted by molar-refractivity contribution is 6.09. The molecule has 0 fully saturated rings. The van der Waals surface area contributed by atoms with Crippen LogP contribution in [-0.2, 0) is 19.9 Å². The molecular weight excluding hydrogens is 242 g/mol. The normalized spacial score (nSPS) is 11.5. The summed E-state index contributed by atoms with van der Waals surface area (Å²) in [5.41, 5.74) is 3.07. The van der Waals surface area contributed by atoms with Crippen LogP contribution in [0.5, 0.6) is 0 Å². The van der Waals surface area contributed by atoms with Crippen molar-refractivity contribution in [2.45, 2.75) is 19.9 Å². The molecule has 0 amide bonds. The zero-order valence-corrected chi connectivity index (χ0v) is 10.4. The molecule has 1 aromatic heterocycles. The Hall–Kier alpha value is -1.88. The number of hydrogen-bond donors (Lipinski definition) is 3. The summed E-state index contributed by atoms with van der Waals surface area (Å²) in [6, 6.07) is 11.5. The van der Waals surface area contributed by atoms with E-state index in [1.54, 1.807) is 4.57 Å². The highest BCUT2D eigenvalue weighted by Crippen LogP contribution is 2.32. The van der Waals surface area contributed by atoms with Gasteiger partial charge in [-0.3, -0.25) is 0 Å². The van der Waals surface area contributed by atoms with E-state index < -0.39 is 0 Å². The van der Waals surface area contributed by atoms with Crippen LogP contribution in [-0.4, -0.2) is 19.9 Å². The van der Waals surface area contributed by atoms with Crippen LogP contribution in [0.4, 0.5) is 0 Å². The minimum atomic E-state index is -0.163. The van der Waals surface area contributed by atoms with Gasteiger partial charge in [0.05, 0.1) is 24.2 Å². The first-order chi connectivity index (χ1) is 9.31. The number of rotatable bonds is 3. The standard InChI is InChI=1S/C15H15NO3/c17-7-10-5-6-12-11-3-1-2-4-14(11)16(9-19)15(12)13(10)8-18/h1-6,17-19H,7-9H2. The fraction of sp³-hybridized carbons (Fsp3) is 0.200.